The van der Waals surface area contributed by atoms with Gasteiger partial charge >= 0.3 is 0 Å². The molecule has 0 atom stereocenters. The van der Waals surface area contributed by atoms with E-state index in [2.05, 4.69) is 39.0 Å². The number of anilines is 2. The Hall–Kier alpha value is -1.88. The fourth-order valence-electron chi connectivity index (χ4n) is 1.99. The molecule has 2 aromatic rings. The van der Waals surface area contributed by atoms with Crippen molar-refractivity contribution >= 4 is 23.5 Å². The molecule has 112 valence electrons. The maximum absolute atomic E-state index is 6.20. The first kappa shape index (κ1) is 15.5. The standard InChI is InChI=1S/C15H20ClN5/c1-5-21(6-2)15-19-13(18-14(17-4)20-15)11-8-7-10(3)12(16)9-11/h7-9H,5-6H2,1-4H3,(H,17,18,19,20). The highest BCUT2D eigenvalue weighted by Gasteiger charge is 2.12. The Balaban J connectivity index is 2.51. The van der Waals surface area contributed by atoms with E-state index in [1.165, 1.54) is 0 Å². The molecule has 6 heteroatoms. The number of nitrogens with one attached hydrogen (secondary N) is 1. The summed E-state index contributed by atoms with van der Waals surface area (Å²) in [4.78, 5) is 15.5. The lowest BCUT2D eigenvalue weighted by Gasteiger charge is -2.19. The number of hydrogen-bond donors (Lipinski definition) is 1. The molecular weight excluding hydrogens is 286 g/mol. The largest absolute Gasteiger partial charge is 0.357 e. The monoisotopic (exact) mass is 305 g/mol. The zero-order chi connectivity index (χ0) is 15.4. The van der Waals surface area contributed by atoms with Gasteiger partial charge in [0.2, 0.25) is 11.9 Å². The lowest BCUT2D eigenvalue weighted by molar-refractivity contribution is 0.815. The molecule has 0 amide bonds. The average Bonchev–Trinajstić information content (AvgIpc) is 2.51. The summed E-state index contributed by atoms with van der Waals surface area (Å²) in [6, 6.07) is 5.83. The quantitative estimate of drug-likeness (QED) is 0.917. The Kier molecular flexibility index (Phi) is 4.96. The van der Waals surface area contributed by atoms with E-state index in [4.69, 9.17) is 11.6 Å². The van der Waals surface area contributed by atoms with Crippen LogP contribution in [0.1, 0.15) is 19.4 Å². The molecule has 0 aliphatic heterocycles. The molecule has 0 fully saturated rings. The van der Waals surface area contributed by atoms with Crippen molar-refractivity contribution in [2.24, 2.45) is 0 Å². The van der Waals surface area contributed by atoms with Gasteiger partial charge < -0.3 is 10.2 Å². The SMILES string of the molecule is CCN(CC)c1nc(NC)nc(-c2ccc(C)c(Cl)c2)n1. The molecule has 1 heterocycles. The number of benzene rings is 1. The van der Waals surface area contributed by atoms with Gasteiger partial charge in [-0.15, -0.1) is 0 Å². The molecule has 21 heavy (non-hydrogen) atoms. The predicted molar refractivity (Wildman–Crippen MR) is 88.1 cm³/mol. The third-order valence-corrected chi connectivity index (χ3v) is 3.73. The van der Waals surface area contributed by atoms with Crippen molar-refractivity contribution in [1.82, 2.24) is 15.0 Å². The summed E-state index contributed by atoms with van der Waals surface area (Å²) >= 11 is 6.20. The zero-order valence-corrected chi connectivity index (χ0v) is 13.6. The molecule has 0 radical (unpaired) electrons. The molecule has 1 aromatic heterocycles. The van der Waals surface area contributed by atoms with Crippen molar-refractivity contribution in [3.05, 3.63) is 28.8 Å². The summed E-state index contributed by atoms with van der Waals surface area (Å²) < 4.78 is 0. The summed E-state index contributed by atoms with van der Waals surface area (Å²) in [6.45, 7) is 7.82. The van der Waals surface area contributed by atoms with E-state index in [1.807, 2.05) is 25.1 Å². The van der Waals surface area contributed by atoms with Crippen LogP contribution in [0.2, 0.25) is 5.02 Å². The smallest absolute Gasteiger partial charge is 0.230 e. The summed E-state index contributed by atoms with van der Waals surface area (Å²) in [5.41, 5.74) is 1.92. The molecule has 5 nitrogen and oxygen atoms in total. The number of aromatic nitrogens is 3. The van der Waals surface area contributed by atoms with Crippen molar-refractivity contribution in [2.75, 3.05) is 30.4 Å². The Morgan fingerprint density at radius 2 is 1.86 bits per heavy atom. The summed E-state index contributed by atoms with van der Waals surface area (Å²) in [5.74, 6) is 1.85. The second kappa shape index (κ2) is 6.72. The summed E-state index contributed by atoms with van der Waals surface area (Å²) in [6.07, 6.45) is 0. The highest BCUT2D eigenvalue weighted by Crippen LogP contribution is 2.24. The van der Waals surface area contributed by atoms with Gasteiger partial charge in [-0.1, -0.05) is 23.7 Å². The van der Waals surface area contributed by atoms with Crippen LogP contribution in [-0.4, -0.2) is 35.1 Å². The minimum Gasteiger partial charge on any atom is -0.357 e. The van der Waals surface area contributed by atoms with Crippen LogP contribution in [0.25, 0.3) is 11.4 Å². The lowest BCUT2D eigenvalue weighted by atomic mass is 10.1. The Morgan fingerprint density at radius 1 is 1.14 bits per heavy atom. The second-order valence-electron chi connectivity index (χ2n) is 4.67. The van der Waals surface area contributed by atoms with Crippen LogP contribution in [0.15, 0.2) is 18.2 Å². The van der Waals surface area contributed by atoms with E-state index in [1.54, 1.807) is 7.05 Å². The number of aryl methyl sites for hydroxylation is 1. The van der Waals surface area contributed by atoms with E-state index in [-0.39, 0.29) is 0 Å². The molecule has 0 unspecified atom stereocenters. The van der Waals surface area contributed by atoms with E-state index >= 15 is 0 Å². The molecule has 0 bridgehead atoms. The third kappa shape index (κ3) is 3.42. The normalized spacial score (nSPS) is 10.5. The minimum atomic E-state index is 0.554. The molecule has 0 aliphatic rings. The van der Waals surface area contributed by atoms with Crippen LogP contribution in [-0.2, 0) is 0 Å². The second-order valence-corrected chi connectivity index (χ2v) is 5.08. The molecule has 0 spiro atoms. The Labute approximate surface area is 130 Å². The van der Waals surface area contributed by atoms with Gasteiger partial charge in [0.1, 0.15) is 0 Å². The van der Waals surface area contributed by atoms with Gasteiger partial charge in [0.15, 0.2) is 5.82 Å². The molecular formula is C15H20ClN5. The Bertz CT molecular complexity index is 625. The predicted octanol–water partition coefficient (Wildman–Crippen LogP) is 3.39. The maximum Gasteiger partial charge on any atom is 0.230 e. The van der Waals surface area contributed by atoms with E-state index in [9.17, 15) is 0 Å². The average molecular weight is 306 g/mol. The van der Waals surface area contributed by atoms with Crippen LogP contribution in [0.4, 0.5) is 11.9 Å². The van der Waals surface area contributed by atoms with Crippen molar-refractivity contribution < 1.29 is 0 Å². The van der Waals surface area contributed by atoms with Crippen molar-refractivity contribution in [3.63, 3.8) is 0 Å². The number of rotatable bonds is 5. The van der Waals surface area contributed by atoms with Gasteiger partial charge in [-0.2, -0.15) is 15.0 Å². The Morgan fingerprint density at radius 3 is 2.43 bits per heavy atom. The number of nitrogens with zero attached hydrogens (tertiary/aromatic N) is 4. The zero-order valence-electron chi connectivity index (χ0n) is 12.8. The van der Waals surface area contributed by atoms with Gasteiger partial charge in [0, 0.05) is 30.7 Å². The first-order valence-corrected chi connectivity index (χ1v) is 7.42. The summed E-state index contributed by atoms with van der Waals surface area (Å²) in [7, 11) is 1.80. The molecule has 1 N–H and O–H groups in total. The van der Waals surface area contributed by atoms with Gasteiger partial charge in [-0.25, -0.2) is 0 Å². The fourth-order valence-corrected chi connectivity index (χ4v) is 2.17. The van der Waals surface area contributed by atoms with Gasteiger partial charge in [0.25, 0.3) is 0 Å². The first-order chi connectivity index (χ1) is 10.1. The molecule has 1 aromatic carbocycles. The van der Waals surface area contributed by atoms with Crippen LogP contribution in [0.3, 0.4) is 0 Å². The lowest BCUT2D eigenvalue weighted by Crippen LogP contribution is -2.25. The maximum atomic E-state index is 6.20. The van der Waals surface area contributed by atoms with E-state index in [0.29, 0.717) is 22.7 Å². The minimum absolute atomic E-state index is 0.554. The van der Waals surface area contributed by atoms with E-state index < -0.39 is 0 Å². The fraction of sp³-hybridized carbons (Fsp3) is 0.400. The molecule has 0 saturated carbocycles. The van der Waals surface area contributed by atoms with Gasteiger partial charge in [-0.05, 0) is 32.4 Å². The third-order valence-electron chi connectivity index (χ3n) is 3.32. The van der Waals surface area contributed by atoms with E-state index in [0.717, 1.165) is 24.2 Å². The highest BCUT2D eigenvalue weighted by molar-refractivity contribution is 6.31. The van der Waals surface area contributed by atoms with Crippen molar-refractivity contribution in [3.8, 4) is 11.4 Å². The molecule has 0 aliphatic carbocycles. The van der Waals surface area contributed by atoms with Gasteiger partial charge in [-0.3, -0.25) is 0 Å². The van der Waals surface area contributed by atoms with Crippen LogP contribution in [0, 0.1) is 6.92 Å². The van der Waals surface area contributed by atoms with Crippen LogP contribution >= 0.6 is 11.6 Å². The number of hydrogen-bond acceptors (Lipinski definition) is 5. The van der Waals surface area contributed by atoms with Crippen molar-refractivity contribution in [1.29, 1.82) is 0 Å². The summed E-state index contributed by atoms with van der Waals surface area (Å²) in [5, 5.41) is 3.70. The molecule has 0 saturated heterocycles. The van der Waals surface area contributed by atoms with Gasteiger partial charge in [0.05, 0.1) is 0 Å². The molecule has 2 rings (SSSR count). The highest BCUT2D eigenvalue weighted by atomic mass is 35.5. The van der Waals surface area contributed by atoms with Crippen LogP contribution in [0.5, 0.6) is 0 Å². The number of halogens is 1. The topological polar surface area (TPSA) is 53.9 Å². The van der Waals surface area contributed by atoms with Crippen LogP contribution < -0.4 is 10.2 Å². The first-order valence-electron chi connectivity index (χ1n) is 7.04. The van der Waals surface area contributed by atoms with Crippen molar-refractivity contribution in [2.45, 2.75) is 20.8 Å².